The van der Waals surface area contributed by atoms with Gasteiger partial charge in [-0.1, -0.05) is 6.07 Å². The molecule has 1 aromatic rings. The van der Waals surface area contributed by atoms with Crippen LogP contribution in [0.5, 0.6) is 11.5 Å². The summed E-state index contributed by atoms with van der Waals surface area (Å²) in [6, 6.07) is 6.04. The van der Waals surface area contributed by atoms with E-state index in [1.165, 1.54) is 24.2 Å². The zero-order chi connectivity index (χ0) is 13.2. The molecular formula is C14H23NO2S. The predicted molar refractivity (Wildman–Crippen MR) is 78.9 cm³/mol. The van der Waals surface area contributed by atoms with Gasteiger partial charge in [-0.25, -0.2) is 0 Å². The smallest absolute Gasteiger partial charge is 0.161 e. The van der Waals surface area contributed by atoms with E-state index < -0.39 is 0 Å². The largest absolute Gasteiger partial charge is 0.493 e. The van der Waals surface area contributed by atoms with Gasteiger partial charge in [0.15, 0.2) is 11.5 Å². The maximum atomic E-state index is 5.28. The summed E-state index contributed by atoms with van der Waals surface area (Å²) < 4.78 is 10.5. The van der Waals surface area contributed by atoms with Crippen LogP contribution in [0.1, 0.15) is 18.4 Å². The maximum absolute atomic E-state index is 5.28. The predicted octanol–water partition coefficient (Wildman–Crippen LogP) is 2.94. The fraction of sp³-hybridized carbons (Fsp3) is 0.571. The third-order valence-corrected chi connectivity index (χ3v) is 3.43. The van der Waals surface area contributed by atoms with Gasteiger partial charge in [0.2, 0.25) is 0 Å². The lowest BCUT2D eigenvalue weighted by molar-refractivity contribution is 0.354. The van der Waals surface area contributed by atoms with Crippen LogP contribution in [-0.2, 0) is 6.54 Å². The number of thioether (sulfide) groups is 1. The molecule has 0 saturated heterocycles. The van der Waals surface area contributed by atoms with Crippen molar-refractivity contribution in [3.63, 3.8) is 0 Å². The van der Waals surface area contributed by atoms with Crippen molar-refractivity contribution in [2.24, 2.45) is 0 Å². The first kappa shape index (κ1) is 15.2. The average molecular weight is 269 g/mol. The Kier molecular flexibility index (Phi) is 7.69. The lowest BCUT2D eigenvalue weighted by Crippen LogP contribution is -2.14. The van der Waals surface area contributed by atoms with E-state index in [4.69, 9.17) is 9.47 Å². The molecule has 0 unspecified atom stereocenters. The van der Waals surface area contributed by atoms with Crippen LogP contribution in [0, 0.1) is 0 Å². The zero-order valence-corrected chi connectivity index (χ0v) is 12.3. The van der Waals surface area contributed by atoms with Crippen molar-refractivity contribution >= 4 is 11.8 Å². The van der Waals surface area contributed by atoms with Crippen LogP contribution < -0.4 is 14.8 Å². The summed E-state index contributed by atoms with van der Waals surface area (Å²) in [5.41, 5.74) is 1.22. The van der Waals surface area contributed by atoms with Crippen molar-refractivity contribution in [2.75, 3.05) is 32.8 Å². The molecule has 0 bridgehead atoms. The molecule has 0 saturated carbocycles. The van der Waals surface area contributed by atoms with Crippen LogP contribution in [-0.4, -0.2) is 32.8 Å². The minimum atomic E-state index is 0.779. The van der Waals surface area contributed by atoms with Crippen molar-refractivity contribution < 1.29 is 9.47 Å². The van der Waals surface area contributed by atoms with Crippen molar-refractivity contribution in [3.8, 4) is 11.5 Å². The SMILES string of the molecule is COc1ccc(CNCCCCSC)cc1OC. The number of hydrogen-bond acceptors (Lipinski definition) is 4. The van der Waals surface area contributed by atoms with E-state index in [1.807, 2.05) is 23.9 Å². The van der Waals surface area contributed by atoms with E-state index in [0.29, 0.717) is 0 Å². The Morgan fingerprint density at radius 3 is 2.56 bits per heavy atom. The standard InChI is InChI=1S/C14H23NO2S/c1-16-13-7-6-12(10-14(13)17-2)11-15-8-4-5-9-18-3/h6-7,10,15H,4-5,8-9,11H2,1-3H3. The molecule has 0 aliphatic heterocycles. The van der Waals surface area contributed by atoms with Crippen LogP contribution in [0.15, 0.2) is 18.2 Å². The highest BCUT2D eigenvalue weighted by atomic mass is 32.2. The van der Waals surface area contributed by atoms with Gasteiger partial charge in [-0.05, 0) is 49.1 Å². The highest BCUT2D eigenvalue weighted by molar-refractivity contribution is 7.98. The van der Waals surface area contributed by atoms with E-state index in [-0.39, 0.29) is 0 Å². The number of unbranched alkanes of at least 4 members (excludes halogenated alkanes) is 1. The number of nitrogens with one attached hydrogen (secondary N) is 1. The van der Waals surface area contributed by atoms with E-state index in [1.54, 1.807) is 14.2 Å². The van der Waals surface area contributed by atoms with E-state index in [0.717, 1.165) is 24.6 Å². The molecular weight excluding hydrogens is 246 g/mol. The van der Waals surface area contributed by atoms with Crippen molar-refractivity contribution in [1.82, 2.24) is 5.32 Å². The molecule has 3 nitrogen and oxygen atoms in total. The minimum Gasteiger partial charge on any atom is -0.493 e. The molecule has 102 valence electrons. The van der Waals surface area contributed by atoms with Crippen LogP contribution in [0.2, 0.25) is 0 Å². The molecule has 0 aliphatic carbocycles. The second-order valence-electron chi connectivity index (χ2n) is 4.07. The summed E-state index contributed by atoms with van der Waals surface area (Å²) in [6.45, 7) is 1.94. The Bertz CT molecular complexity index is 345. The Morgan fingerprint density at radius 2 is 1.89 bits per heavy atom. The molecule has 0 aliphatic rings. The highest BCUT2D eigenvalue weighted by Crippen LogP contribution is 2.27. The van der Waals surface area contributed by atoms with E-state index in [9.17, 15) is 0 Å². The first-order valence-corrected chi connectivity index (χ1v) is 7.61. The molecule has 1 N–H and O–H groups in total. The maximum Gasteiger partial charge on any atom is 0.161 e. The summed E-state index contributed by atoms with van der Waals surface area (Å²) in [5, 5.41) is 3.44. The quantitative estimate of drug-likeness (QED) is 0.698. The molecule has 1 aromatic carbocycles. The number of ether oxygens (including phenoxy) is 2. The van der Waals surface area contributed by atoms with Crippen LogP contribution in [0.3, 0.4) is 0 Å². The summed E-state index contributed by atoms with van der Waals surface area (Å²) in [4.78, 5) is 0. The molecule has 4 heteroatoms. The molecule has 0 fully saturated rings. The van der Waals surface area contributed by atoms with Gasteiger partial charge in [0.1, 0.15) is 0 Å². The minimum absolute atomic E-state index is 0.779. The van der Waals surface area contributed by atoms with E-state index in [2.05, 4.69) is 17.6 Å². The Morgan fingerprint density at radius 1 is 1.11 bits per heavy atom. The summed E-state index contributed by atoms with van der Waals surface area (Å²) in [5.74, 6) is 2.82. The fourth-order valence-corrected chi connectivity index (χ4v) is 2.21. The summed E-state index contributed by atoms with van der Waals surface area (Å²) >= 11 is 1.91. The summed E-state index contributed by atoms with van der Waals surface area (Å²) in [7, 11) is 3.32. The number of methoxy groups -OCH3 is 2. The van der Waals surface area contributed by atoms with Crippen molar-refractivity contribution in [1.29, 1.82) is 0 Å². The van der Waals surface area contributed by atoms with Gasteiger partial charge in [-0.15, -0.1) is 0 Å². The third kappa shape index (κ3) is 5.19. The van der Waals surface area contributed by atoms with Gasteiger partial charge in [-0.2, -0.15) is 11.8 Å². The zero-order valence-electron chi connectivity index (χ0n) is 11.5. The lowest BCUT2D eigenvalue weighted by Gasteiger charge is -2.10. The van der Waals surface area contributed by atoms with Crippen LogP contribution in [0.4, 0.5) is 0 Å². The number of hydrogen-bond donors (Lipinski definition) is 1. The van der Waals surface area contributed by atoms with Gasteiger partial charge in [0.25, 0.3) is 0 Å². The van der Waals surface area contributed by atoms with E-state index >= 15 is 0 Å². The van der Waals surface area contributed by atoms with Crippen molar-refractivity contribution in [2.45, 2.75) is 19.4 Å². The average Bonchev–Trinajstić information content (AvgIpc) is 2.42. The Labute approximate surface area is 114 Å². The third-order valence-electron chi connectivity index (χ3n) is 2.73. The second kappa shape index (κ2) is 9.11. The van der Waals surface area contributed by atoms with Gasteiger partial charge in [-0.3, -0.25) is 0 Å². The first-order valence-electron chi connectivity index (χ1n) is 6.22. The van der Waals surface area contributed by atoms with Gasteiger partial charge in [0, 0.05) is 6.54 Å². The van der Waals surface area contributed by atoms with Crippen LogP contribution >= 0.6 is 11.8 Å². The molecule has 0 aromatic heterocycles. The molecule has 0 amide bonds. The molecule has 1 rings (SSSR count). The molecule has 0 atom stereocenters. The summed E-state index contributed by atoms with van der Waals surface area (Å²) in [6.07, 6.45) is 4.66. The first-order chi connectivity index (χ1) is 8.81. The van der Waals surface area contributed by atoms with Gasteiger partial charge in [0.05, 0.1) is 14.2 Å². The van der Waals surface area contributed by atoms with Crippen molar-refractivity contribution in [3.05, 3.63) is 23.8 Å². The Balaban J connectivity index is 2.34. The Hall–Kier alpha value is -0.870. The molecule has 0 spiro atoms. The monoisotopic (exact) mass is 269 g/mol. The molecule has 0 radical (unpaired) electrons. The van der Waals surface area contributed by atoms with Gasteiger partial charge >= 0.3 is 0 Å². The lowest BCUT2D eigenvalue weighted by atomic mass is 10.2. The highest BCUT2D eigenvalue weighted by Gasteiger charge is 2.03. The van der Waals surface area contributed by atoms with Crippen LogP contribution in [0.25, 0.3) is 0 Å². The molecule has 0 heterocycles. The number of benzene rings is 1. The number of rotatable bonds is 9. The second-order valence-corrected chi connectivity index (χ2v) is 5.05. The molecule has 18 heavy (non-hydrogen) atoms. The normalized spacial score (nSPS) is 10.4. The topological polar surface area (TPSA) is 30.5 Å². The fourth-order valence-electron chi connectivity index (χ4n) is 1.72. The van der Waals surface area contributed by atoms with Gasteiger partial charge < -0.3 is 14.8 Å².